The van der Waals surface area contributed by atoms with Crippen molar-refractivity contribution in [3.8, 4) is 11.5 Å². The maximum absolute atomic E-state index is 10.7. The fraction of sp³-hybridized carbons (Fsp3) is 0.133. The van der Waals surface area contributed by atoms with Gasteiger partial charge < -0.3 is 15.2 Å². The van der Waals surface area contributed by atoms with E-state index in [0.717, 1.165) is 0 Å². The predicted molar refractivity (Wildman–Crippen MR) is 78.7 cm³/mol. The van der Waals surface area contributed by atoms with Gasteiger partial charge in [-0.25, -0.2) is 0 Å². The van der Waals surface area contributed by atoms with Gasteiger partial charge in [-0.05, 0) is 43.3 Å². The highest BCUT2D eigenvalue weighted by atomic mass is 35.5. The quantitative estimate of drug-likeness (QED) is 0.873. The lowest BCUT2D eigenvalue weighted by molar-refractivity contribution is -0.137. The third-order valence-corrected chi connectivity index (χ3v) is 2.98. The lowest BCUT2D eigenvalue weighted by Crippen LogP contribution is -2.25. The molecule has 0 aliphatic heterocycles. The first-order valence-corrected chi connectivity index (χ1v) is 6.46. The molecule has 104 valence electrons. The average Bonchev–Trinajstić information content (AvgIpc) is 2.43. The summed E-state index contributed by atoms with van der Waals surface area (Å²) < 4.78 is 5.64. The minimum absolute atomic E-state index is 0.536. The van der Waals surface area contributed by atoms with Crippen molar-refractivity contribution in [2.45, 2.75) is 13.0 Å². The number of hydrogen-bond donors (Lipinski definition) is 2. The molecule has 0 saturated heterocycles. The maximum atomic E-state index is 10.7. The Morgan fingerprint density at radius 2 is 1.85 bits per heavy atom. The second-order valence-corrected chi connectivity index (χ2v) is 4.67. The van der Waals surface area contributed by atoms with E-state index in [1.807, 2.05) is 12.1 Å². The highest BCUT2D eigenvalue weighted by Crippen LogP contribution is 2.29. The predicted octanol–water partition coefficient (Wildman–Crippen LogP) is 4.02. The Morgan fingerprint density at radius 1 is 1.20 bits per heavy atom. The molecule has 0 bridgehead atoms. The fourth-order valence-electron chi connectivity index (χ4n) is 1.59. The van der Waals surface area contributed by atoms with Crippen LogP contribution < -0.4 is 10.1 Å². The van der Waals surface area contributed by atoms with Crippen molar-refractivity contribution in [2.75, 3.05) is 5.32 Å². The highest BCUT2D eigenvalue weighted by molar-refractivity contribution is 6.32. The van der Waals surface area contributed by atoms with Crippen LogP contribution in [0.2, 0.25) is 5.02 Å². The highest BCUT2D eigenvalue weighted by Gasteiger charge is 2.10. The summed E-state index contributed by atoms with van der Waals surface area (Å²) >= 11 is 6.01. The van der Waals surface area contributed by atoms with Gasteiger partial charge in [0.25, 0.3) is 0 Å². The normalized spacial score (nSPS) is 11.7. The fourth-order valence-corrected chi connectivity index (χ4v) is 1.76. The Kier molecular flexibility index (Phi) is 4.48. The summed E-state index contributed by atoms with van der Waals surface area (Å²) in [7, 11) is 0. The van der Waals surface area contributed by atoms with E-state index in [1.54, 1.807) is 43.3 Å². The summed E-state index contributed by atoms with van der Waals surface area (Å²) in [5, 5.41) is 12.2. The van der Waals surface area contributed by atoms with Crippen LogP contribution >= 0.6 is 11.6 Å². The van der Waals surface area contributed by atoms with Gasteiger partial charge in [0.15, 0.2) is 0 Å². The molecule has 20 heavy (non-hydrogen) atoms. The lowest BCUT2D eigenvalue weighted by Gasteiger charge is -2.12. The average molecular weight is 292 g/mol. The number of carbonyl (C=O) groups is 1. The summed E-state index contributed by atoms with van der Waals surface area (Å²) in [6, 6.07) is 13.6. The molecule has 5 heteroatoms. The van der Waals surface area contributed by atoms with Crippen molar-refractivity contribution >= 4 is 23.3 Å². The number of rotatable bonds is 5. The number of benzene rings is 2. The van der Waals surface area contributed by atoms with Crippen molar-refractivity contribution in [2.24, 2.45) is 0 Å². The number of anilines is 1. The molecule has 0 aliphatic rings. The molecule has 2 aromatic rings. The first-order valence-electron chi connectivity index (χ1n) is 6.08. The standard InChI is InChI=1S/C15H14ClNO3/c1-10(15(18)19)17-11-6-8-12(9-7-11)20-14-5-3-2-4-13(14)16/h2-10,17H,1H3,(H,18,19)/t10-/m0/s1. The topological polar surface area (TPSA) is 58.6 Å². The van der Waals surface area contributed by atoms with Gasteiger partial charge in [0, 0.05) is 5.69 Å². The summed E-state index contributed by atoms with van der Waals surface area (Å²) in [4.78, 5) is 10.7. The van der Waals surface area contributed by atoms with E-state index < -0.39 is 12.0 Å². The van der Waals surface area contributed by atoms with Crippen LogP contribution in [0.25, 0.3) is 0 Å². The van der Waals surface area contributed by atoms with Crippen molar-refractivity contribution in [1.29, 1.82) is 0 Å². The summed E-state index contributed by atoms with van der Waals surface area (Å²) in [6.07, 6.45) is 0. The lowest BCUT2D eigenvalue weighted by atomic mass is 10.2. The number of aliphatic carboxylic acids is 1. The Bertz CT molecular complexity index is 598. The minimum Gasteiger partial charge on any atom is -0.480 e. The van der Waals surface area contributed by atoms with Crippen molar-refractivity contribution in [1.82, 2.24) is 0 Å². The second kappa shape index (κ2) is 6.30. The number of ether oxygens (including phenoxy) is 1. The van der Waals surface area contributed by atoms with E-state index >= 15 is 0 Å². The van der Waals surface area contributed by atoms with Gasteiger partial charge in [0.1, 0.15) is 17.5 Å². The largest absolute Gasteiger partial charge is 0.480 e. The van der Waals surface area contributed by atoms with Crippen LogP contribution in [-0.2, 0) is 4.79 Å². The van der Waals surface area contributed by atoms with Crippen molar-refractivity contribution in [3.05, 3.63) is 53.6 Å². The molecule has 2 N–H and O–H groups in total. The molecule has 0 amide bonds. The molecule has 1 atom stereocenters. The van der Waals surface area contributed by atoms with Gasteiger partial charge >= 0.3 is 5.97 Å². The zero-order valence-corrected chi connectivity index (χ0v) is 11.6. The molecule has 0 aromatic heterocycles. The molecule has 0 fully saturated rings. The molecule has 0 aliphatic carbocycles. The molecule has 0 unspecified atom stereocenters. The number of carboxylic acids is 1. The van der Waals surface area contributed by atoms with E-state index in [2.05, 4.69) is 5.32 Å². The number of hydrogen-bond acceptors (Lipinski definition) is 3. The first-order chi connectivity index (χ1) is 9.56. The van der Waals surface area contributed by atoms with Crippen LogP contribution in [0.1, 0.15) is 6.92 Å². The molecule has 4 nitrogen and oxygen atoms in total. The maximum Gasteiger partial charge on any atom is 0.325 e. The van der Waals surface area contributed by atoms with Gasteiger partial charge in [0.05, 0.1) is 5.02 Å². The molecular weight excluding hydrogens is 278 g/mol. The van der Waals surface area contributed by atoms with Gasteiger partial charge in [0.2, 0.25) is 0 Å². The smallest absolute Gasteiger partial charge is 0.325 e. The van der Waals surface area contributed by atoms with Gasteiger partial charge in [-0.3, -0.25) is 4.79 Å². The molecule has 0 heterocycles. The van der Waals surface area contributed by atoms with Crippen LogP contribution in [-0.4, -0.2) is 17.1 Å². The van der Waals surface area contributed by atoms with Crippen LogP contribution in [0.5, 0.6) is 11.5 Å². The molecular formula is C15H14ClNO3. The third-order valence-electron chi connectivity index (χ3n) is 2.67. The molecule has 2 rings (SSSR count). The van der Waals surface area contributed by atoms with Crippen LogP contribution in [0, 0.1) is 0 Å². The Balaban J connectivity index is 2.05. The third kappa shape index (κ3) is 3.65. The van der Waals surface area contributed by atoms with E-state index in [-0.39, 0.29) is 0 Å². The monoisotopic (exact) mass is 291 g/mol. The van der Waals surface area contributed by atoms with E-state index in [0.29, 0.717) is 22.2 Å². The summed E-state index contributed by atoms with van der Waals surface area (Å²) in [5.74, 6) is 0.307. The molecule has 2 aromatic carbocycles. The summed E-state index contributed by atoms with van der Waals surface area (Å²) in [5.41, 5.74) is 0.714. The number of nitrogens with one attached hydrogen (secondary N) is 1. The first kappa shape index (κ1) is 14.2. The van der Waals surface area contributed by atoms with E-state index in [1.165, 1.54) is 0 Å². The van der Waals surface area contributed by atoms with Crippen molar-refractivity contribution in [3.63, 3.8) is 0 Å². The number of carboxylic acid groups (broad SMARTS) is 1. The molecule has 0 saturated carbocycles. The Labute approximate surface area is 122 Å². The van der Waals surface area contributed by atoms with Crippen LogP contribution in [0.3, 0.4) is 0 Å². The zero-order chi connectivity index (χ0) is 14.5. The van der Waals surface area contributed by atoms with Crippen LogP contribution in [0.15, 0.2) is 48.5 Å². The summed E-state index contributed by atoms with van der Waals surface area (Å²) in [6.45, 7) is 1.58. The number of halogens is 1. The minimum atomic E-state index is -0.901. The van der Waals surface area contributed by atoms with Crippen LogP contribution in [0.4, 0.5) is 5.69 Å². The molecule has 0 radical (unpaired) electrons. The SMILES string of the molecule is C[C@H](Nc1ccc(Oc2ccccc2Cl)cc1)C(=O)O. The molecule has 0 spiro atoms. The zero-order valence-electron chi connectivity index (χ0n) is 10.8. The van der Waals surface area contributed by atoms with Gasteiger partial charge in [-0.15, -0.1) is 0 Å². The Hall–Kier alpha value is -2.20. The van der Waals surface area contributed by atoms with E-state index in [4.69, 9.17) is 21.4 Å². The number of para-hydroxylation sites is 1. The Morgan fingerprint density at radius 3 is 2.45 bits per heavy atom. The van der Waals surface area contributed by atoms with Gasteiger partial charge in [-0.2, -0.15) is 0 Å². The van der Waals surface area contributed by atoms with E-state index in [9.17, 15) is 4.79 Å². The second-order valence-electron chi connectivity index (χ2n) is 4.26. The van der Waals surface area contributed by atoms with Gasteiger partial charge in [-0.1, -0.05) is 23.7 Å². The van der Waals surface area contributed by atoms with Crippen molar-refractivity contribution < 1.29 is 14.6 Å².